The average Bonchev–Trinajstić information content (AvgIpc) is 2.57. The summed E-state index contributed by atoms with van der Waals surface area (Å²) >= 11 is 0. The smallest absolute Gasteiger partial charge is 0.407 e. The molecule has 2 rings (SSSR count). The molecule has 6 heteroatoms. The van der Waals surface area contributed by atoms with Crippen molar-refractivity contribution in [2.75, 3.05) is 11.9 Å². The van der Waals surface area contributed by atoms with Crippen molar-refractivity contribution in [1.82, 2.24) is 5.32 Å². The topological polar surface area (TPSA) is 67.4 Å². The molecule has 2 aromatic carbocycles. The van der Waals surface area contributed by atoms with Crippen molar-refractivity contribution in [3.8, 4) is 0 Å². The van der Waals surface area contributed by atoms with Crippen LogP contribution in [0.15, 0.2) is 54.6 Å². The number of ether oxygens (including phenoxy) is 1. The molecule has 0 bridgehead atoms. The third-order valence-electron chi connectivity index (χ3n) is 3.29. The fourth-order valence-electron chi connectivity index (χ4n) is 2.18. The Balaban J connectivity index is 2.05. The van der Waals surface area contributed by atoms with Gasteiger partial charge in [0.2, 0.25) is 5.91 Å². The van der Waals surface area contributed by atoms with Crippen molar-refractivity contribution in [3.05, 3.63) is 66.0 Å². The summed E-state index contributed by atoms with van der Waals surface area (Å²) in [6, 6.07) is 14.1. The van der Waals surface area contributed by atoms with E-state index in [1.54, 1.807) is 6.92 Å². The summed E-state index contributed by atoms with van der Waals surface area (Å²) in [5.41, 5.74) is 1.28. The van der Waals surface area contributed by atoms with Crippen LogP contribution in [-0.2, 0) is 9.53 Å². The molecule has 2 N–H and O–H groups in total. The van der Waals surface area contributed by atoms with Gasteiger partial charge in [-0.15, -0.1) is 0 Å². The second-order valence-corrected chi connectivity index (χ2v) is 5.09. The summed E-state index contributed by atoms with van der Waals surface area (Å²) in [6.07, 6.45) is -0.554. The molecule has 0 aliphatic rings. The molecule has 0 fully saturated rings. The second kappa shape index (κ2) is 8.67. The number of rotatable bonds is 6. The molecule has 0 aromatic heterocycles. The predicted octanol–water partition coefficient (Wildman–Crippen LogP) is 3.64. The molecule has 2 aromatic rings. The highest BCUT2D eigenvalue weighted by Gasteiger charge is 2.19. The fourth-order valence-corrected chi connectivity index (χ4v) is 2.18. The van der Waals surface area contributed by atoms with Gasteiger partial charge in [0.1, 0.15) is 5.82 Å². The minimum absolute atomic E-state index is 0.0280. The first-order valence-corrected chi connectivity index (χ1v) is 7.62. The molecule has 24 heavy (non-hydrogen) atoms. The van der Waals surface area contributed by atoms with Gasteiger partial charge in [-0.3, -0.25) is 4.79 Å². The molecular weight excluding hydrogens is 311 g/mol. The van der Waals surface area contributed by atoms with Gasteiger partial charge >= 0.3 is 6.09 Å². The molecule has 5 nitrogen and oxygen atoms in total. The third-order valence-corrected chi connectivity index (χ3v) is 3.29. The minimum Gasteiger partial charge on any atom is -0.450 e. The van der Waals surface area contributed by atoms with E-state index in [9.17, 15) is 14.0 Å². The SMILES string of the molecule is CCOC(=O)N[C@@H](CC(=O)Nc1ccc(F)cc1)c1ccccc1. The Morgan fingerprint density at radius 1 is 1.08 bits per heavy atom. The maximum absolute atomic E-state index is 12.9. The minimum atomic E-state index is -0.582. The lowest BCUT2D eigenvalue weighted by molar-refractivity contribution is -0.116. The van der Waals surface area contributed by atoms with E-state index in [-0.39, 0.29) is 24.8 Å². The van der Waals surface area contributed by atoms with Crippen LogP contribution >= 0.6 is 0 Å². The van der Waals surface area contributed by atoms with Crippen molar-refractivity contribution in [2.24, 2.45) is 0 Å². The first-order chi connectivity index (χ1) is 11.6. The van der Waals surface area contributed by atoms with Crippen LogP contribution in [0.3, 0.4) is 0 Å². The van der Waals surface area contributed by atoms with Gasteiger partial charge in [0.05, 0.1) is 19.1 Å². The number of nitrogens with one attached hydrogen (secondary N) is 2. The summed E-state index contributed by atoms with van der Waals surface area (Å²) in [5.74, 6) is -0.675. The van der Waals surface area contributed by atoms with Gasteiger partial charge in [0.25, 0.3) is 0 Å². The highest BCUT2D eigenvalue weighted by atomic mass is 19.1. The van der Waals surface area contributed by atoms with E-state index in [1.807, 2.05) is 30.3 Å². The van der Waals surface area contributed by atoms with E-state index >= 15 is 0 Å². The van der Waals surface area contributed by atoms with Crippen LogP contribution in [0.25, 0.3) is 0 Å². The lowest BCUT2D eigenvalue weighted by Gasteiger charge is -2.18. The Morgan fingerprint density at radius 2 is 1.75 bits per heavy atom. The molecule has 0 radical (unpaired) electrons. The van der Waals surface area contributed by atoms with E-state index in [0.29, 0.717) is 5.69 Å². The van der Waals surface area contributed by atoms with E-state index in [0.717, 1.165) is 5.56 Å². The number of hydrogen-bond acceptors (Lipinski definition) is 3. The maximum Gasteiger partial charge on any atom is 0.407 e. The van der Waals surface area contributed by atoms with E-state index < -0.39 is 12.1 Å². The molecule has 0 spiro atoms. The maximum atomic E-state index is 12.9. The molecule has 0 aliphatic heterocycles. The zero-order chi connectivity index (χ0) is 17.4. The van der Waals surface area contributed by atoms with E-state index in [4.69, 9.17) is 4.74 Å². The number of benzene rings is 2. The Hall–Kier alpha value is -2.89. The summed E-state index contributed by atoms with van der Waals surface area (Å²) in [5, 5.41) is 5.35. The fraction of sp³-hybridized carbons (Fsp3) is 0.222. The molecule has 0 unspecified atom stereocenters. The molecule has 0 saturated carbocycles. The van der Waals surface area contributed by atoms with Gasteiger partial charge in [0, 0.05) is 5.69 Å². The van der Waals surface area contributed by atoms with Crippen LogP contribution in [0, 0.1) is 5.82 Å². The average molecular weight is 330 g/mol. The highest BCUT2D eigenvalue weighted by molar-refractivity contribution is 5.91. The van der Waals surface area contributed by atoms with Crippen molar-refractivity contribution >= 4 is 17.7 Å². The molecule has 1 atom stereocenters. The van der Waals surface area contributed by atoms with Gasteiger partial charge in [-0.2, -0.15) is 0 Å². The monoisotopic (exact) mass is 330 g/mol. The van der Waals surface area contributed by atoms with Crippen LogP contribution in [-0.4, -0.2) is 18.6 Å². The van der Waals surface area contributed by atoms with Gasteiger partial charge < -0.3 is 15.4 Å². The van der Waals surface area contributed by atoms with Crippen LogP contribution < -0.4 is 10.6 Å². The van der Waals surface area contributed by atoms with Crippen LogP contribution in [0.1, 0.15) is 24.9 Å². The Labute approximate surface area is 139 Å². The number of amides is 2. The number of alkyl carbamates (subject to hydrolysis) is 1. The first kappa shape index (κ1) is 17.5. The number of hydrogen-bond donors (Lipinski definition) is 2. The zero-order valence-corrected chi connectivity index (χ0v) is 13.3. The standard InChI is InChI=1S/C18H19FN2O3/c1-2-24-18(23)21-16(13-6-4-3-5-7-13)12-17(22)20-15-10-8-14(19)9-11-15/h3-11,16H,2,12H2,1H3,(H,20,22)(H,21,23)/t16-/m0/s1. The van der Waals surface area contributed by atoms with E-state index in [2.05, 4.69) is 10.6 Å². The van der Waals surface area contributed by atoms with Crippen LogP contribution in [0.5, 0.6) is 0 Å². The molecular formula is C18H19FN2O3. The van der Waals surface area contributed by atoms with Gasteiger partial charge in [-0.05, 0) is 36.8 Å². The highest BCUT2D eigenvalue weighted by Crippen LogP contribution is 2.18. The predicted molar refractivity (Wildman–Crippen MR) is 89.0 cm³/mol. The summed E-state index contributed by atoms with van der Waals surface area (Å²) < 4.78 is 17.8. The zero-order valence-electron chi connectivity index (χ0n) is 13.3. The lowest BCUT2D eigenvalue weighted by Crippen LogP contribution is -2.32. The van der Waals surface area contributed by atoms with Crippen molar-refractivity contribution in [2.45, 2.75) is 19.4 Å². The quantitative estimate of drug-likeness (QED) is 0.850. The summed E-state index contributed by atoms with van der Waals surface area (Å²) in [7, 11) is 0. The normalized spacial score (nSPS) is 11.4. The van der Waals surface area contributed by atoms with E-state index in [1.165, 1.54) is 24.3 Å². The van der Waals surface area contributed by atoms with Gasteiger partial charge in [0.15, 0.2) is 0 Å². The Morgan fingerprint density at radius 3 is 2.38 bits per heavy atom. The Bertz CT molecular complexity index is 674. The first-order valence-electron chi connectivity index (χ1n) is 7.62. The number of carbonyl (C=O) groups is 2. The summed E-state index contributed by atoms with van der Waals surface area (Å²) in [6.45, 7) is 1.95. The Kier molecular flexibility index (Phi) is 6.31. The lowest BCUT2D eigenvalue weighted by atomic mass is 10.0. The largest absolute Gasteiger partial charge is 0.450 e. The third kappa shape index (κ3) is 5.39. The van der Waals surface area contributed by atoms with Crippen molar-refractivity contribution < 1.29 is 18.7 Å². The molecule has 0 aliphatic carbocycles. The molecule has 0 heterocycles. The van der Waals surface area contributed by atoms with Crippen LogP contribution in [0.2, 0.25) is 0 Å². The van der Waals surface area contributed by atoms with Crippen molar-refractivity contribution in [1.29, 1.82) is 0 Å². The molecule has 2 amide bonds. The number of carbonyl (C=O) groups excluding carboxylic acids is 2. The second-order valence-electron chi connectivity index (χ2n) is 5.09. The summed E-state index contributed by atoms with van der Waals surface area (Å²) in [4.78, 5) is 23.9. The number of halogens is 1. The van der Waals surface area contributed by atoms with Crippen LogP contribution in [0.4, 0.5) is 14.9 Å². The van der Waals surface area contributed by atoms with Gasteiger partial charge in [-0.25, -0.2) is 9.18 Å². The van der Waals surface area contributed by atoms with Crippen molar-refractivity contribution in [3.63, 3.8) is 0 Å². The molecule has 0 saturated heterocycles. The molecule has 126 valence electrons. The van der Waals surface area contributed by atoms with Gasteiger partial charge in [-0.1, -0.05) is 30.3 Å². The number of anilines is 1.